The molecule has 0 aliphatic heterocycles. The molecule has 1 aromatic carbocycles. The molecule has 0 radical (unpaired) electrons. The summed E-state index contributed by atoms with van der Waals surface area (Å²) in [6.07, 6.45) is 3.46. The molecule has 0 amide bonds. The highest BCUT2D eigenvalue weighted by molar-refractivity contribution is 7.89. The summed E-state index contributed by atoms with van der Waals surface area (Å²) < 4.78 is 31.6. The van der Waals surface area contributed by atoms with E-state index >= 15 is 0 Å². The number of nitrogens with one attached hydrogen (secondary N) is 2. The molecule has 5 nitrogen and oxygen atoms in total. The lowest BCUT2D eigenvalue weighted by molar-refractivity contribution is 0.414. The number of methoxy groups -OCH3 is 1. The van der Waals surface area contributed by atoms with Crippen molar-refractivity contribution in [3.8, 4) is 5.75 Å². The van der Waals surface area contributed by atoms with E-state index in [4.69, 9.17) is 16.3 Å². The fourth-order valence-corrected chi connectivity index (χ4v) is 2.91. The zero-order valence-corrected chi connectivity index (χ0v) is 11.8. The van der Waals surface area contributed by atoms with Gasteiger partial charge in [0.25, 0.3) is 0 Å². The van der Waals surface area contributed by atoms with Crippen LogP contribution in [-0.2, 0) is 16.6 Å². The van der Waals surface area contributed by atoms with Crippen LogP contribution in [0.15, 0.2) is 41.6 Å². The number of ether oxygens (including phenoxy) is 1. The van der Waals surface area contributed by atoms with Crippen LogP contribution in [0.1, 0.15) is 5.56 Å². The average molecular weight is 301 g/mol. The minimum absolute atomic E-state index is 0.105. The van der Waals surface area contributed by atoms with E-state index in [-0.39, 0.29) is 16.5 Å². The van der Waals surface area contributed by atoms with E-state index in [9.17, 15) is 8.42 Å². The summed E-state index contributed by atoms with van der Waals surface area (Å²) in [6, 6.07) is 6.13. The van der Waals surface area contributed by atoms with E-state index in [2.05, 4.69) is 9.71 Å². The summed E-state index contributed by atoms with van der Waals surface area (Å²) in [5.74, 6) is 0.436. The second kappa shape index (κ2) is 5.64. The third-order valence-electron chi connectivity index (χ3n) is 2.56. The molecule has 2 N–H and O–H groups in total. The van der Waals surface area contributed by atoms with E-state index in [1.54, 1.807) is 18.5 Å². The Morgan fingerprint density at radius 2 is 2.16 bits per heavy atom. The lowest BCUT2D eigenvalue weighted by atomic mass is 10.3. The van der Waals surface area contributed by atoms with Gasteiger partial charge in [0.05, 0.1) is 17.0 Å². The maximum absolute atomic E-state index is 12.1. The van der Waals surface area contributed by atoms with Gasteiger partial charge in [0.1, 0.15) is 5.75 Å². The molecule has 7 heteroatoms. The van der Waals surface area contributed by atoms with Crippen LogP contribution >= 0.6 is 11.6 Å². The van der Waals surface area contributed by atoms with Crippen LogP contribution in [0.2, 0.25) is 5.02 Å². The van der Waals surface area contributed by atoms with E-state index < -0.39 is 10.0 Å². The highest BCUT2D eigenvalue weighted by Gasteiger charge is 2.15. The maximum atomic E-state index is 12.1. The van der Waals surface area contributed by atoms with Crippen LogP contribution < -0.4 is 9.46 Å². The van der Waals surface area contributed by atoms with Gasteiger partial charge in [0.2, 0.25) is 10.0 Å². The van der Waals surface area contributed by atoms with Gasteiger partial charge >= 0.3 is 0 Å². The molecule has 0 saturated carbocycles. The van der Waals surface area contributed by atoms with Gasteiger partial charge in [-0.25, -0.2) is 13.1 Å². The number of rotatable bonds is 5. The van der Waals surface area contributed by atoms with Crippen LogP contribution in [0.4, 0.5) is 0 Å². The third kappa shape index (κ3) is 3.28. The zero-order chi connectivity index (χ0) is 13.9. The van der Waals surface area contributed by atoms with Crippen LogP contribution in [0.3, 0.4) is 0 Å². The SMILES string of the molecule is COc1ccc(S(=O)(=O)NCc2cc[nH]c2)cc1Cl. The molecule has 0 aliphatic rings. The van der Waals surface area contributed by atoms with Crippen molar-refractivity contribution in [3.63, 3.8) is 0 Å². The molecule has 2 rings (SSSR count). The fraction of sp³-hybridized carbons (Fsp3) is 0.167. The minimum Gasteiger partial charge on any atom is -0.495 e. The second-order valence-corrected chi connectivity index (χ2v) is 6.01. The summed E-state index contributed by atoms with van der Waals surface area (Å²) in [4.78, 5) is 2.96. The van der Waals surface area contributed by atoms with Crippen molar-refractivity contribution in [2.75, 3.05) is 7.11 Å². The summed E-state index contributed by atoms with van der Waals surface area (Å²) in [5.41, 5.74) is 0.850. The lowest BCUT2D eigenvalue weighted by Gasteiger charge is -2.08. The molecule has 0 saturated heterocycles. The number of H-pyrrole nitrogens is 1. The molecule has 0 spiro atoms. The first-order chi connectivity index (χ1) is 9.03. The number of sulfonamides is 1. The van der Waals surface area contributed by atoms with Crippen LogP contribution in [0, 0.1) is 0 Å². The maximum Gasteiger partial charge on any atom is 0.240 e. The van der Waals surface area contributed by atoms with Crippen molar-refractivity contribution in [2.24, 2.45) is 0 Å². The largest absolute Gasteiger partial charge is 0.495 e. The fourth-order valence-electron chi connectivity index (χ4n) is 1.54. The van der Waals surface area contributed by atoms with Crippen molar-refractivity contribution in [2.45, 2.75) is 11.4 Å². The van der Waals surface area contributed by atoms with E-state index in [1.165, 1.54) is 25.3 Å². The highest BCUT2D eigenvalue weighted by atomic mass is 35.5. The van der Waals surface area contributed by atoms with Crippen molar-refractivity contribution in [3.05, 3.63) is 47.2 Å². The third-order valence-corrected chi connectivity index (χ3v) is 4.26. The van der Waals surface area contributed by atoms with Gasteiger partial charge in [-0.1, -0.05) is 11.6 Å². The number of benzene rings is 1. The van der Waals surface area contributed by atoms with Crippen molar-refractivity contribution < 1.29 is 13.2 Å². The molecule has 1 heterocycles. The van der Waals surface area contributed by atoms with Gasteiger partial charge < -0.3 is 9.72 Å². The molecular weight excluding hydrogens is 288 g/mol. The molecule has 0 fully saturated rings. The summed E-state index contributed by atoms with van der Waals surface area (Å²) >= 11 is 5.91. The number of hydrogen-bond donors (Lipinski definition) is 2. The Morgan fingerprint density at radius 3 is 2.74 bits per heavy atom. The Hall–Kier alpha value is -1.50. The summed E-state index contributed by atoms with van der Waals surface area (Å²) in [6.45, 7) is 0.218. The Balaban J connectivity index is 2.17. The monoisotopic (exact) mass is 300 g/mol. The number of aromatic amines is 1. The normalized spacial score (nSPS) is 11.5. The van der Waals surface area contributed by atoms with Gasteiger partial charge in [0.15, 0.2) is 0 Å². The molecular formula is C12H13ClN2O3S. The van der Waals surface area contributed by atoms with Crippen molar-refractivity contribution >= 4 is 21.6 Å². The zero-order valence-electron chi connectivity index (χ0n) is 10.2. The van der Waals surface area contributed by atoms with E-state index in [1.807, 2.05) is 0 Å². The highest BCUT2D eigenvalue weighted by Crippen LogP contribution is 2.26. The van der Waals surface area contributed by atoms with E-state index in [0.717, 1.165) is 5.56 Å². The van der Waals surface area contributed by atoms with Gasteiger partial charge in [-0.3, -0.25) is 0 Å². The topological polar surface area (TPSA) is 71.2 Å². The second-order valence-electron chi connectivity index (χ2n) is 3.84. The number of aromatic nitrogens is 1. The predicted molar refractivity (Wildman–Crippen MR) is 72.8 cm³/mol. The Bertz CT molecular complexity index is 654. The van der Waals surface area contributed by atoms with Crippen molar-refractivity contribution in [1.82, 2.24) is 9.71 Å². The van der Waals surface area contributed by atoms with Gasteiger partial charge in [-0.05, 0) is 29.8 Å². The standard InChI is InChI=1S/C12H13ClN2O3S/c1-18-12-3-2-10(6-11(12)13)19(16,17)15-8-9-4-5-14-7-9/h2-7,14-15H,8H2,1H3. The summed E-state index contributed by atoms with van der Waals surface area (Å²) in [5, 5.41) is 0.256. The average Bonchev–Trinajstić information content (AvgIpc) is 2.89. The van der Waals surface area contributed by atoms with Gasteiger partial charge in [-0.15, -0.1) is 0 Å². The lowest BCUT2D eigenvalue weighted by Crippen LogP contribution is -2.23. The molecule has 2 aromatic rings. The first-order valence-corrected chi connectivity index (χ1v) is 7.34. The quantitative estimate of drug-likeness (QED) is 0.889. The molecule has 0 aliphatic carbocycles. The van der Waals surface area contributed by atoms with Gasteiger partial charge in [0, 0.05) is 18.9 Å². The van der Waals surface area contributed by atoms with Crippen LogP contribution in [-0.4, -0.2) is 20.5 Å². The summed E-state index contributed by atoms with van der Waals surface area (Å²) in [7, 11) is -2.12. The minimum atomic E-state index is -3.59. The Morgan fingerprint density at radius 1 is 1.37 bits per heavy atom. The van der Waals surface area contributed by atoms with Crippen LogP contribution in [0.5, 0.6) is 5.75 Å². The predicted octanol–water partition coefficient (Wildman–Crippen LogP) is 2.16. The number of hydrogen-bond acceptors (Lipinski definition) is 3. The van der Waals surface area contributed by atoms with Gasteiger partial charge in [-0.2, -0.15) is 0 Å². The van der Waals surface area contributed by atoms with Crippen molar-refractivity contribution in [1.29, 1.82) is 0 Å². The molecule has 0 atom stereocenters. The first kappa shape index (κ1) is 13.9. The Labute approximate surface area is 116 Å². The molecule has 0 unspecified atom stereocenters. The molecule has 102 valence electrons. The van der Waals surface area contributed by atoms with E-state index in [0.29, 0.717) is 5.75 Å². The molecule has 0 bridgehead atoms. The Kier molecular flexibility index (Phi) is 4.14. The number of halogens is 1. The first-order valence-electron chi connectivity index (χ1n) is 5.48. The molecule has 19 heavy (non-hydrogen) atoms. The smallest absolute Gasteiger partial charge is 0.240 e. The molecule has 1 aromatic heterocycles. The van der Waals surface area contributed by atoms with Crippen LogP contribution in [0.25, 0.3) is 0 Å².